The van der Waals surface area contributed by atoms with Crippen molar-refractivity contribution in [3.8, 4) is 5.75 Å². The molecular formula is C16H12ClN3O2S2. The molecule has 0 saturated heterocycles. The van der Waals surface area contributed by atoms with Gasteiger partial charge in [-0.3, -0.25) is 10.1 Å². The molecule has 0 atom stereocenters. The molecule has 0 spiro atoms. The molecule has 3 aromatic rings. The van der Waals surface area contributed by atoms with Crippen molar-refractivity contribution in [3.63, 3.8) is 0 Å². The maximum atomic E-state index is 12.5. The van der Waals surface area contributed by atoms with Crippen molar-refractivity contribution in [1.29, 1.82) is 0 Å². The number of hydrogen-bond acceptors (Lipinski definition) is 6. The highest BCUT2D eigenvalue weighted by molar-refractivity contribution is 7.99. The van der Waals surface area contributed by atoms with E-state index in [9.17, 15) is 4.79 Å². The molecule has 2 aromatic heterocycles. The Morgan fingerprint density at radius 3 is 2.71 bits per heavy atom. The molecule has 24 heavy (non-hydrogen) atoms. The quantitative estimate of drug-likeness (QED) is 0.658. The third-order valence-electron chi connectivity index (χ3n) is 2.98. The van der Waals surface area contributed by atoms with E-state index in [1.165, 1.54) is 23.1 Å². The second-order valence-electron chi connectivity index (χ2n) is 4.55. The number of thiazole rings is 1. The second-order valence-corrected chi connectivity index (χ2v) is 6.95. The molecule has 0 fully saturated rings. The minimum atomic E-state index is -0.344. The summed E-state index contributed by atoms with van der Waals surface area (Å²) in [5, 5.41) is 5.29. The number of halogens is 1. The number of carbonyl (C=O) groups is 1. The van der Waals surface area contributed by atoms with Crippen molar-refractivity contribution in [2.75, 3.05) is 12.4 Å². The van der Waals surface area contributed by atoms with E-state index in [1.807, 2.05) is 24.3 Å². The molecule has 0 aliphatic carbocycles. The fourth-order valence-electron chi connectivity index (χ4n) is 1.88. The van der Waals surface area contributed by atoms with Crippen LogP contribution in [0.3, 0.4) is 0 Å². The lowest BCUT2D eigenvalue weighted by molar-refractivity contribution is 0.101. The minimum Gasteiger partial charge on any atom is -0.497 e. The fraction of sp³-hybridized carbons (Fsp3) is 0.0625. The van der Waals surface area contributed by atoms with Gasteiger partial charge in [-0.2, -0.15) is 0 Å². The molecular weight excluding hydrogens is 366 g/mol. The molecule has 0 aliphatic heterocycles. The Kier molecular flexibility index (Phi) is 5.34. The number of nitrogens with one attached hydrogen (secondary N) is 1. The van der Waals surface area contributed by atoms with E-state index in [4.69, 9.17) is 16.3 Å². The van der Waals surface area contributed by atoms with Crippen LogP contribution in [0.1, 0.15) is 10.5 Å². The third kappa shape index (κ3) is 4.05. The molecule has 1 aromatic carbocycles. The SMILES string of the molecule is COc1ccc(Sc2ccc(Cl)nc2C(=O)Nc2nccs2)cc1. The van der Waals surface area contributed by atoms with Crippen molar-refractivity contribution in [3.05, 3.63) is 58.8 Å². The van der Waals surface area contributed by atoms with Gasteiger partial charge in [0.05, 0.1) is 7.11 Å². The smallest absolute Gasteiger partial charge is 0.277 e. The summed E-state index contributed by atoms with van der Waals surface area (Å²) >= 11 is 8.72. The van der Waals surface area contributed by atoms with Gasteiger partial charge in [0.15, 0.2) is 5.13 Å². The molecule has 1 N–H and O–H groups in total. The number of aromatic nitrogens is 2. The largest absolute Gasteiger partial charge is 0.497 e. The maximum Gasteiger partial charge on any atom is 0.277 e. The van der Waals surface area contributed by atoms with Crippen molar-refractivity contribution < 1.29 is 9.53 Å². The van der Waals surface area contributed by atoms with Gasteiger partial charge in [-0.1, -0.05) is 23.4 Å². The zero-order chi connectivity index (χ0) is 16.9. The lowest BCUT2D eigenvalue weighted by Gasteiger charge is -2.09. The number of nitrogens with zero attached hydrogens (tertiary/aromatic N) is 2. The van der Waals surface area contributed by atoms with Crippen LogP contribution in [-0.4, -0.2) is 23.0 Å². The first-order valence-electron chi connectivity index (χ1n) is 6.85. The van der Waals surface area contributed by atoms with Crippen LogP contribution in [0, 0.1) is 0 Å². The molecule has 122 valence electrons. The zero-order valence-corrected chi connectivity index (χ0v) is 14.9. The maximum absolute atomic E-state index is 12.5. The number of anilines is 1. The van der Waals surface area contributed by atoms with Crippen LogP contribution in [-0.2, 0) is 0 Å². The molecule has 0 bridgehead atoms. The number of hydrogen-bond donors (Lipinski definition) is 1. The zero-order valence-electron chi connectivity index (χ0n) is 12.5. The molecule has 0 aliphatic rings. The number of pyridine rings is 1. The average Bonchev–Trinajstić information content (AvgIpc) is 3.10. The molecule has 0 unspecified atom stereocenters. The standard InChI is InChI=1S/C16H12ClN3O2S2/c1-22-10-2-4-11(5-3-10)24-12-6-7-13(17)19-14(12)15(21)20-16-18-8-9-23-16/h2-9H,1H3,(H,18,20,21). The average molecular weight is 378 g/mol. The van der Waals surface area contributed by atoms with Gasteiger partial charge in [-0.25, -0.2) is 9.97 Å². The summed E-state index contributed by atoms with van der Waals surface area (Å²) in [5.74, 6) is 0.429. The Bertz CT molecular complexity index is 839. The topological polar surface area (TPSA) is 64.1 Å². The van der Waals surface area contributed by atoms with Crippen molar-refractivity contribution in [1.82, 2.24) is 9.97 Å². The number of methoxy groups -OCH3 is 1. The summed E-state index contributed by atoms with van der Waals surface area (Å²) < 4.78 is 5.15. The Hall–Kier alpha value is -2.09. The van der Waals surface area contributed by atoms with E-state index < -0.39 is 0 Å². The lowest BCUT2D eigenvalue weighted by Crippen LogP contribution is -2.14. The van der Waals surface area contributed by atoms with Crippen LogP contribution >= 0.6 is 34.7 Å². The molecule has 0 radical (unpaired) electrons. The molecule has 3 rings (SSSR count). The highest BCUT2D eigenvalue weighted by Gasteiger charge is 2.16. The molecule has 8 heteroatoms. The Balaban J connectivity index is 1.85. The van der Waals surface area contributed by atoms with Crippen LogP contribution in [0.5, 0.6) is 5.75 Å². The monoisotopic (exact) mass is 377 g/mol. The van der Waals surface area contributed by atoms with Gasteiger partial charge in [-0.05, 0) is 36.4 Å². The highest BCUT2D eigenvalue weighted by Crippen LogP contribution is 2.32. The number of ether oxygens (including phenoxy) is 1. The van der Waals surface area contributed by atoms with E-state index >= 15 is 0 Å². The van der Waals surface area contributed by atoms with E-state index in [2.05, 4.69) is 15.3 Å². The van der Waals surface area contributed by atoms with E-state index in [0.29, 0.717) is 10.0 Å². The van der Waals surface area contributed by atoms with Crippen LogP contribution in [0.25, 0.3) is 0 Å². The van der Waals surface area contributed by atoms with Crippen LogP contribution < -0.4 is 10.1 Å². The highest BCUT2D eigenvalue weighted by atomic mass is 35.5. The van der Waals surface area contributed by atoms with Crippen LogP contribution in [0.2, 0.25) is 5.15 Å². The Labute approximate surface area is 152 Å². The summed E-state index contributed by atoms with van der Waals surface area (Å²) in [6.45, 7) is 0. The summed E-state index contributed by atoms with van der Waals surface area (Å²) in [6, 6.07) is 11.0. The van der Waals surface area contributed by atoms with Crippen molar-refractivity contribution >= 4 is 45.7 Å². The predicted octanol–water partition coefficient (Wildman–Crippen LogP) is 4.60. The number of benzene rings is 1. The lowest BCUT2D eigenvalue weighted by atomic mass is 10.3. The van der Waals surface area contributed by atoms with E-state index in [0.717, 1.165) is 10.6 Å². The predicted molar refractivity (Wildman–Crippen MR) is 96.4 cm³/mol. The molecule has 5 nitrogen and oxygen atoms in total. The summed E-state index contributed by atoms with van der Waals surface area (Å²) in [5.41, 5.74) is 0.263. The molecule has 2 heterocycles. The number of rotatable bonds is 5. The first-order chi connectivity index (χ1) is 11.7. The summed E-state index contributed by atoms with van der Waals surface area (Å²) in [7, 11) is 1.62. The van der Waals surface area contributed by atoms with Gasteiger partial charge in [0.2, 0.25) is 0 Å². The van der Waals surface area contributed by atoms with E-state index in [1.54, 1.807) is 30.8 Å². The van der Waals surface area contributed by atoms with Crippen molar-refractivity contribution in [2.24, 2.45) is 0 Å². The van der Waals surface area contributed by atoms with Gasteiger partial charge in [0.1, 0.15) is 16.6 Å². The molecule has 1 amide bonds. The number of carbonyl (C=O) groups excluding carboxylic acids is 1. The fourth-order valence-corrected chi connectivity index (χ4v) is 3.45. The summed E-state index contributed by atoms with van der Waals surface area (Å²) in [4.78, 5) is 22.4. The van der Waals surface area contributed by atoms with Crippen molar-refractivity contribution in [2.45, 2.75) is 9.79 Å². The Morgan fingerprint density at radius 1 is 1.25 bits per heavy atom. The third-order valence-corrected chi connectivity index (χ3v) is 4.94. The van der Waals surface area contributed by atoms with Gasteiger partial charge in [-0.15, -0.1) is 11.3 Å². The summed E-state index contributed by atoms with van der Waals surface area (Å²) in [6.07, 6.45) is 1.62. The van der Waals surface area contributed by atoms with Gasteiger partial charge in [0, 0.05) is 21.4 Å². The molecule has 0 saturated carbocycles. The first-order valence-corrected chi connectivity index (χ1v) is 8.92. The minimum absolute atomic E-state index is 0.262. The van der Waals surface area contributed by atoms with E-state index in [-0.39, 0.29) is 16.8 Å². The van der Waals surface area contributed by atoms with Gasteiger partial charge < -0.3 is 4.74 Å². The number of amides is 1. The second kappa shape index (κ2) is 7.65. The van der Waals surface area contributed by atoms with Gasteiger partial charge in [0.25, 0.3) is 5.91 Å². The van der Waals surface area contributed by atoms with Crippen LogP contribution in [0.15, 0.2) is 57.8 Å². The van der Waals surface area contributed by atoms with Gasteiger partial charge >= 0.3 is 0 Å². The normalized spacial score (nSPS) is 10.4. The van der Waals surface area contributed by atoms with Crippen LogP contribution in [0.4, 0.5) is 5.13 Å². The first kappa shape index (κ1) is 16.8. The Morgan fingerprint density at radius 2 is 2.04 bits per heavy atom.